The molecule has 1 aromatic carbocycles. The quantitative estimate of drug-likeness (QED) is 0.623. The molecule has 5 heteroatoms. The van der Waals surface area contributed by atoms with E-state index in [4.69, 9.17) is 4.55 Å². The van der Waals surface area contributed by atoms with E-state index >= 15 is 0 Å². The normalized spacial score (nSPS) is 10.5. The van der Waals surface area contributed by atoms with Crippen LogP contribution in [0, 0.1) is 6.92 Å². The van der Waals surface area contributed by atoms with Crippen LogP contribution in [0.2, 0.25) is 0 Å². The van der Waals surface area contributed by atoms with Gasteiger partial charge in [0.25, 0.3) is 10.1 Å². The Balaban J connectivity index is 0.00000121. The van der Waals surface area contributed by atoms with Crippen LogP contribution in [0.4, 0.5) is 0 Å². The molecule has 0 atom stereocenters. The van der Waals surface area contributed by atoms with Crippen molar-refractivity contribution in [2.24, 2.45) is 0 Å². The summed E-state index contributed by atoms with van der Waals surface area (Å²) in [6, 6.07) is 5.99. The van der Waals surface area contributed by atoms with Gasteiger partial charge in [0.2, 0.25) is 0 Å². The Morgan fingerprint density at radius 3 is 1.92 bits per heavy atom. The number of rotatable bonds is 1. The zero-order chi connectivity index (χ0) is 8.48. The summed E-state index contributed by atoms with van der Waals surface area (Å²) in [7, 11) is -4.02. The van der Waals surface area contributed by atoms with E-state index in [1.165, 1.54) is 12.1 Å². The van der Waals surface area contributed by atoms with Gasteiger partial charge in [-0.25, -0.2) is 0 Å². The third-order valence-corrected chi connectivity index (χ3v) is 2.19. The molecule has 0 aromatic heterocycles. The van der Waals surface area contributed by atoms with Crippen molar-refractivity contribution in [1.29, 1.82) is 0 Å². The first-order valence-corrected chi connectivity index (χ1v) is 4.48. The second-order valence-electron chi connectivity index (χ2n) is 2.29. The van der Waals surface area contributed by atoms with Crippen molar-refractivity contribution in [1.82, 2.24) is 0 Å². The summed E-state index contributed by atoms with van der Waals surface area (Å²) in [5, 5.41) is 0. The van der Waals surface area contributed by atoms with Gasteiger partial charge in [-0.05, 0) is 19.1 Å². The van der Waals surface area contributed by atoms with Crippen LogP contribution in [0.3, 0.4) is 0 Å². The molecule has 0 saturated heterocycles. The predicted molar refractivity (Wildman–Crippen MR) is 41.0 cm³/mol. The molecule has 0 aliphatic rings. The Morgan fingerprint density at radius 1 is 1.17 bits per heavy atom. The van der Waals surface area contributed by atoms with Gasteiger partial charge in [0.1, 0.15) is 0 Å². The molecule has 0 unspecified atom stereocenters. The summed E-state index contributed by atoms with van der Waals surface area (Å²) >= 11 is 0. The molecule has 1 rings (SSSR count). The molecule has 0 spiro atoms. The van der Waals surface area contributed by atoms with Crippen LogP contribution in [0.5, 0.6) is 0 Å². The van der Waals surface area contributed by atoms with Crippen molar-refractivity contribution < 1.29 is 40.3 Å². The van der Waals surface area contributed by atoms with Gasteiger partial charge in [-0.3, -0.25) is 4.55 Å². The maximum absolute atomic E-state index is 10.5. The Bertz CT molecular complexity index is 341. The number of aryl methyl sites for hydroxylation is 1. The van der Waals surface area contributed by atoms with Crippen LogP contribution in [0.15, 0.2) is 29.2 Å². The van der Waals surface area contributed by atoms with Crippen molar-refractivity contribution in [3.8, 4) is 0 Å². The van der Waals surface area contributed by atoms with Gasteiger partial charge in [-0.2, -0.15) is 8.42 Å². The molecule has 0 aliphatic heterocycles. The molecular formula is C7H8CdO3S. The minimum Gasteiger partial charge on any atom is -0.282 e. The van der Waals surface area contributed by atoms with E-state index in [1.54, 1.807) is 12.1 Å². The fourth-order valence-electron chi connectivity index (χ4n) is 0.710. The maximum atomic E-state index is 10.5. The summed E-state index contributed by atoms with van der Waals surface area (Å²) in [6.45, 7) is 1.84. The first kappa shape index (κ1) is 12.1. The third-order valence-electron chi connectivity index (χ3n) is 1.32. The summed E-state index contributed by atoms with van der Waals surface area (Å²) in [5.41, 5.74) is 0.956. The average molecular weight is 285 g/mol. The van der Waals surface area contributed by atoms with Crippen LogP contribution in [0.1, 0.15) is 5.56 Å². The van der Waals surface area contributed by atoms with E-state index in [2.05, 4.69) is 0 Å². The second-order valence-corrected chi connectivity index (χ2v) is 3.71. The first-order valence-electron chi connectivity index (χ1n) is 3.04. The van der Waals surface area contributed by atoms with E-state index in [9.17, 15) is 8.42 Å². The first-order chi connectivity index (χ1) is 5.00. The molecule has 1 N–H and O–H groups in total. The van der Waals surface area contributed by atoms with Gasteiger partial charge in [-0.15, -0.1) is 0 Å². The Labute approximate surface area is 91.7 Å². The van der Waals surface area contributed by atoms with Gasteiger partial charge in [0.15, 0.2) is 0 Å². The molecule has 0 fully saturated rings. The van der Waals surface area contributed by atoms with Gasteiger partial charge >= 0.3 is 0 Å². The monoisotopic (exact) mass is 286 g/mol. The molecule has 0 aliphatic carbocycles. The largest absolute Gasteiger partial charge is 0.294 e. The van der Waals surface area contributed by atoms with Gasteiger partial charge < -0.3 is 0 Å². The van der Waals surface area contributed by atoms with Gasteiger partial charge in [0, 0.05) is 27.3 Å². The molecular weight excluding hydrogens is 277 g/mol. The smallest absolute Gasteiger partial charge is 0.282 e. The summed E-state index contributed by atoms with van der Waals surface area (Å²) in [6.07, 6.45) is 0. The van der Waals surface area contributed by atoms with Crippen LogP contribution in [0.25, 0.3) is 0 Å². The third kappa shape index (κ3) is 3.20. The zero-order valence-electron chi connectivity index (χ0n) is 6.69. The summed E-state index contributed by atoms with van der Waals surface area (Å²) < 4.78 is 29.6. The topological polar surface area (TPSA) is 54.4 Å². The maximum Gasteiger partial charge on any atom is 0.294 e. The molecule has 12 heavy (non-hydrogen) atoms. The Morgan fingerprint density at radius 2 is 1.58 bits per heavy atom. The predicted octanol–water partition coefficient (Wildman–Crippen LogP) is 1.24. The number of hydrogen-bond donors (Lipinski definition) is 1. The standard InChI is InChI=1S/C7H8O3S.Cd/c1-6-2-4-7(5-3-6)11(8,9)10;/h2-5H,1H3,(H,8,9,10);. The van der Waals surface area contributed by atoms with Crippen LogP contribution < -0.4 is 0 Å². The van der Waals surface area contributed by atoms with Crippen molar-refractivity contribution in [3.63, 3.8) is 0 Å². The van der Waals surface area contributed by atoms with E-state index in [0.29, 0.717) is 0 Å². The van der Waals surface area contributed by atoms with Crippen molar-refractivity contribution >= 4 is 10.1 Å². The Kier molecular flexibility index (Phi) is 4.35. The van der Waals surface area contributed by atoms with E-state index in [-0.39, 0.29) is 32.2 Å². The van der Waals surface area contributed by atoms with Crippen molar-refractivity contribution in [2.75, 3.05) is 0 Å². The molecule has 0 radical (unpaired) electrons. The molecule has 0 heterocycles. The molecule has 0 bridgehead atoms. The molecule has 0 amide bonds. The van der Waals surface area contributed by atoms with Crippen LogP contribution >= 0.6 is 0 Å². The fourth-order valence-corrected chi connectivity index (χ4v) is 1.19. The average Bonchev–Trinajstić information content (AvgIpc) is 1.86. The van der Waals surface area contributed by atoms with E-state index in [1.807, 2.05) is 6.92 Å². The molecule has 1 aromatic rings. The van der Waals surface area contributed by atoms with Crippen LogP contribution in [-0.2, 0) is 37.4 Å². The van der Waals surface area contributed by atoms with Gasteiger partial charge in [-0.1, -0.05) is 17.7 Å². The second kappa shape index (κ2) is 4.33. The van der Waals surface area contributed by atoms with E-state index < -0.39 is 10.1 Å². The SMILES string of the molecule is Cc1ccc(S(=O)(=O)O)cc1.[Cd]. The van der Waals surface area contributed by atoms with Gasteiger partial charge in [0.05, 0.1) is 4.90 Å². The molecule has 0 saturated carbocycles. The summed E-state index contributed by atoms with van der Waals surface area (Å²) in [4.78, 5) is -0.0666. The molecule has 62 valence electrons. The minimum absolute atomic E-state index is 0. The summed E-state index contributed by atoms with van der Waals surface area (Å²) in [5.74, 6) is 0. The van der Waals surface area contributed by atoms with Crippen LogP contribution in [-0.4, -0.2) is 13.0 Å². The van der Waals surface area contributed by atoms with Crippen molar-refractivity contribution in [3.05, 3.63) is 29.8 Å². The van der Waals surface area contributed by atoms with Crippen molar-refractivity contribution in [2.45, 2.75) is 11.8 Å². The Hall–Kier alpha value is 0.0521. The molecule has 3 nitrogen and oxygen atoms in total. The fraction of sp³-hybridized carbons (Fsp3) is 0.143. The zero-order valence-corrected chi connectivity index (χ0v) is 11.5. The number of hydrogen-bond acceptors (Lipinski definition) is 2. The number of benzene rings is 1. The minimum atomic E-state index is -4.02. The van der Waals surface area contributed by atoms with E-state index in [0.717, 1.165) is 5.56 Å².